The Kier molecular flexibility index (Phi) is 6.26. The van der Waals surface area contributed by atoms with Crippen LogP contribution in [0.15, 0.2) is 11.6 Å². The van der Waals surface area contributed by atoms with Crippen LogP contribution in [0.25, 0.3) is 0 Å². The minimum atomic E-state index is -1.82. The van der Waals surface area contributed by atoms with E-state index in [-0.39, 0.29) is 25.2 Å². The first-order valence-corrected chi connectivity index (χ1v) is 13.0. The van der Waals surface area contributed by atoms with Crippen molar-refractivity contribution in [2.24, 2.45) is 22.7 Å². The second-order valence-electron chi connectivity index (χ2n) is 13.3. The van der Waals surface area contributed by atoms with Gasteiger partial charge in [-0.2, -0.15) is 0 Å². The van der Waals surface area contributed by atoms with Gasteiger partial charge in [0.05, 0.1) is 35.1 Å². The van der Waals surface area contributed by atoms with Crippen LogP contribution in [-0.4, -0.2) is 82.2 Å². The van der Waals surface area contributed by atoms with E-state index in [9.17, 15) is 40.5 Å². The number of hydrogen-bond donors (Lipinski definition) is 7. The SMILES string of the molecule is CC(C)(O)CCC(O)[C@](C)(O)[C@H]1CC[C@@]2(O)C3=CC(=O)C4(O)CC(O)C(O)C[C@]4(C)[C@H]3CC[C@]12C. The summed E-state index contributed by atoms with van der Waals surface area (Å²) in [5.41, 5.74) is -7.07. The molecule has 0 amide bonds. The second kappa shape index (κ2) is 8.06. The summed E-state index contributed by atoms with van der Waals surface area (Å²) < 4.78 is 0. The molecule has 8 nitrogen and oxygen atoms in total. The number of rotatable bonds is 5. The molecule has 10 atom stereocenters. The van der Waals surface area contributed by atoms with Crippen LogP contribution in [0.5, 0.6) is 0 Å². The molecule has 35 heavy (non-hydrogen) atoms. The van der Waals surface area contributed by atoms with E-state index in [0.717, 1.165) is 0 Å². The highest BCUT2D eigenvalue weighted by atomic mass is 16.3. The molecule has 0 aromatic rings. The highest BCUT2D eigenvalue weighted by Crippen LogP contribution is 2.69. The van der Waals surface area contributed by atoms with E-state index >= 15 is 0 Å². The van der Waals surface area contributed by atoms with Crippen LogP contribution in [0, 0.1) is 22.7 Å². The molecule has 4 rings (SSSR count). The average molecular weight is 497 g/mol. The monoisotopic (exact) mass is 496 g/mol. The highest BCUT2D eigenvalue weighted by molar-refractivity contribution is 6.00. The lowest BCUT2D eigenvalue weighted by Crippen LogP contribution is -2.69. The molecule has 0 saturated heterocycles. The normalized spacial score (nSPS) is 48.3. The van der Waals surface area contributed by atoms with E-state index in [1.165, 1.54) is 6.08 Å². The first-order chi connectivity index (χ1) is 15.8. The standard InChI is InChI=1S/C27H44O8/c1-22(2,32)9-8-20(30)25(5,33)19-7-11-26(34)16-12-21(31)27(35)14-18(29)17(28)13-24(27,4)15(16)6-10-23(19,26)3/h12,15,17-20,28-30,32-35H,6-11,13-14H2,1-5H3/t15-,17?,18?,19-,20?,23+,24+,25+,26+,27?/m0/s1. The molecular formula is C27H44O8. The molecule has 7 N–H and O–H groups in total. The zero-order chi connectivity index (χ0) is 26.4. The van der Waals surface area contributed by atoms with Crippen LogP contribution < -0.4 is 0 Å². The molecule has 0 bridgehead atoms. The van der Waals surface area contributed by atoms with Crippen LogP contribution in [0.3, 0.4) is 0 Å². The summed E-state index contributed by atoms with van der Waals surface area (Å²) >= 11 is 0. The molecule has 3 saturated carbocycles. The van der Waals surface area contributed by atoms with E-state index in [1.807, 2.05) is 6.92 Å². The van der Waals surface area contributed by atoms with Crippen molar-refractivity contribution in [3.63, 3.8) is 0 Å². The molecule has 4 aliphatic carbocycles. The topological polar surface area (TPSA) is 159 Å². The molecule has 200 valence electrons. The minimum absolute atomic E-state index is 0.0437. The van der Waals surface area contributed by atoms with Gasteiger partial charge in [-0.25, -0.2) is 0 Å². The maximum Gasteiger partial charge on any atom is 0.187 e. The quantitative estimate of drug-likeness (QED) is 0.297. The first-order valence-electron chi connectivity index (χ1n) is 13.0. The molecule has 0 radical (unpaired) electrons. The Balaban J connectivity index is 1.70. The van der Waals surface area contributed by atoms with Crippen molar-refractivity contribution in [2.75, 3.05) is 0 Å². The predicted octanol–water partition coefficient (Wildman–Crippen LogP) is 0.969. The van der Waals surface area contributed by atoms with Gasteiger partial charge in [0.15, 0.2) is 5.78 Å². The second-order valence-corrected chi connectivity index (χ2v) is 13.3. The Bertz CT molecular complexity index is 907. The van der Waals surface area contributed by atoms with Gasteiger partial charge in [0.2, 0.25) is 0 Å². The van der Waals surface area contributed by atoms with E-state index < -0.39 is 63.2 Å². The number of ketones is 1. The third-order valence-corrected chi connectivity index (χ3v) is 10.7. The smallest absolute Gasteiger partial charge is 0.187 e. The van der Waals surface area contributed by atoms with Crippen molar-refractivity contribution < 1.29 is 40.5 Å². The molecule has 0 aromatic heterocycles. The van der Waals surface area contributed by atoms with Crippen LogP contribution in [-0.2, 0) is 4.79 Å². The summed E-state index contributed by atoms with van der Waals surface area (Å²) in [6, 6.07) is 0. The van der Waals surface area contributed by atoms with Gasteiger partial charge < -0.3 is 35.7 Å². The van der Waals surface area contributed by atoms with Crippen LogP contribution in [0.4, 0.5) is 0 Å². The lowest BCUT2D eigenvalue weighted by Gasteiger charge is -2.62. The van der Waals surface area contributed by atoms with E-state index in [4.69, 9.17) is 0 Å². The van der Waals surface area contributed by atoms with Gasteiger partial charge >= 0.3 is 0 Å². The average Bonchev–Trinajstić information content (AvgIpc) is 3.01. The Hall–Kier alpha value is -0.870. The van der Waals surface area contributed by atoms with Crippen molar-refractivity contribution in [3.8, 4) is 0 Å². The molecule has 8 heteroatoms. The van der Waals surface area contributed by atoms with Crippen molar-refractivity contribution in [1.29, 1.82) is 0 Å². The molecule has 0 aromatic carbocycles. The number of aliphatic hydroxyl groups is 7. The molecule has 4 unspecified atom stereocenters. The third kappa shape index (κ3) is 3.70. The van der Waals surface area contributed by atoms with Gasteiger partial charge in [0.25, 0.3) is 0 Å². The molecular weight excluding hydrogens is 452 g/mol. The molecule has 0 spiro atoms. The van der Waals surface area contributed by atoms with Gasteiger partial charge in [-0.1, -0.05) is 13.8 Å². The van der Waals surface area contributed by atoms with E-state index in [2.05, 4.69) is 0 Å². The van der Waals surface area contributed by atoms with Crippen molar-refractivity contribution >= 4 is 5.78 Å². The minimum Gasteiger partial charge on any atom is -0.390 e. The Morgan fingerprint density at radius 2 is 1.57 bits per heavy atom. The number of fused-ring (bicyclic) bond motifs is 5. The third-order valence-electron chi connectivity index (χ3n) is 10.7. The zero-order valence-electron chi connectivity index (χ0n) is 21.7. The van der Waals surface area contributed by atoms with Gasteiger partial charge in [-0.15, -0.1) is 0 Å². The Morgan fingerprint density at radius 3 is 2.17 bits per heavy atom. The van der Waals surface area contributed by atoms with Gasteiger partial charge in [0, 0.05) is 17.3 Å². The predicted molar refractivity (Wildman–Crippen MR) is 128 cm³/mol. The Morgan fingerprint density at radius 1 is 0.971 bits per heavy atom. The van der Waals surface area contributed by atoms with Gasteiger partial charge in [-0.3, -0.25) is 4.79 Å². The van der Waals surface area contributed by atoms with Crippen molar-refractivity contribution in [1.82, 2.24) is 0 Å². The molecule has 4 aliphatic rings. The zero-order valence-corrected chi connectivity index (χ0v) is 21.7. The maximum atomic E-state index is 13.3. The van der Waals surface area contributed by atoms with Crippen molar-refractivity contribution in [2.45, 2.75) is 127 Å². The maximum absolute atomic E-state index is 13.3. The lowest BCUT2D eigenvalue weighted by atomic mass is 9.44. The summed E-state index contributed by atoms with van der Waals surface area (Å²) in [5.74, 6) is -1.38. The fourth-order valence-electron chi connectivity index (χ4n) is 8.31. The number of hydrogen-bond acceptors (Lipinski definition) is 8. The van der Waals surface area contributed by atoms with Crippen molar-refractivity contribution in [3.05, 3.63) is 11.6 Å². The summed E-state index contributed by atoms with van der Waals surface area (Å²) in [7, 11) is 0. The van der Waals surface area contributed by atoms with E-state index in [0.29, 0.717) is 37.7 Å². The summed E-state index contributed by atoms with van der Waals surface area (Å²) in [5, 5.41) is 77.0. The number of aliphatic hydroxyl groups excluding tert-OH is 3. The van der Waals surface area contributed by atoms with Crippen LogP contribution in [0.2, 0.25) is 0 Å². The first kappa shape index (κ1) is 27.2. The molecule has 0 heterocycles. The fourth-order valence-corrected chi connectivity index (χ4v) is 8.31. The number of carbonyl (C=O) groups is 1. The van der Waals surface area contributed by atoms with Crippen LogP contribution in [0.1, 0.15) is 86.0 Å². The summed E-state index contributed by atoms with van der Waals surface area (Å²) in [4.78, 5) is 13.3. The molecule has 0 aliphatic heterocycles. The fraction of sp³-hybridized carbons (Fsp3) is 0.889. The highest BCUT2D eigenvalue weighted by Gasteiger charge is 2.71. The van der Waals surface area contributed by atoms with Gasteiger partial charge in [-0.05, 0) is 89.2 Å². The summed E-state index contributed by atoms with van der Waals surface area (Å²) in [6.07, 6.45) is 0.0884. The van der Waals surface area contributed by atoms with Crippen LogP contribution >= 0.6 is 0 Å². The Labute approximate surface area is 207 Å². The lowest BCUT2D eigenvalue weighted by molar-refractivity contribution is -0.211. The summed E-state index contributed by atoms with van der Waals surface area (Å²) in [6.45, 7) is 8.58. The van der Waals surface area contributed by atoms with E-state index in [1.54, 1.807) is 27.7 Å². The largest absolute Gasteiger partial charge is 0.390 e. The number of carbonyl (C=O) groups excluding carboxylic acids is 1. The van der Waals surface area contributed by atoms with Gasteiger partial charge in [0.1, 0.15) is 5.60 Å². The molecule has 3 fully saturated rings.